The highest BCUT2D eigenvalue weighted by Gasteiger charge is 2.27. The van der Waals surface area contributed by atoms with Gasteiger partial charge in [-0.2, -0.15) is 4.98 Å². The number of carbonyl (C=O) groups excluding carboxylic acids is 1. The number of ether oxygens (including phenoxy) is 1. The maximum absolute atomic E-state index is 11.9. The number of carbonyl (C=O) groups is 1. The van der Waals surface area contributed by atoms with Gasteiger partial charge < -0.3 is 9.26 Å². The van der Waals surface area contributed by atoms with Crippen LogP contribution in [0.15, 0.2) is 34.9 Å². The molecule has 1 aromatic heterocycles. The molecule has 0 bridgehead atoms. The van der Waals surface area contributed by atoms with Gasteiger partial charge in [0.25, 0.3) is 0 Å². The van der Waals surface area contributed by atoms with E-state index in [4.69, 9.17) is 9.26 Å². The van der Waals surface area contributed by atoms with E-state index < -0.39 is 5.92 Å². The molecular weight excluding hydrogens is 256 g/mol. The molecule has 1 unspecified atom stereocenters. The van der Waals surface area contributed by atoms with Gasteiger partial charge in [0, 0.05) is 5.56 Å². The molecule has 106 valence electrons. The Hall–Kier alpha value is -2.17. The van der Waals surface area contributed by atoms with Gasteiger partial charge in [-0.05, 0) is 13.3 Å². The minimum absolute atomic E-state index is 0.308. The zero-order chi connectivity index (χ0) is 14.4. The molecule has 0 radical (unpaired) electrons. The summed E-state index contributed by atoms with van der Waals surface area (Å²) >= 11 is 0. The molecule has 5 heteroatoms. The van der Waals surface area contributed by atoms with Crippen LogP contribution in [0.25, 0.3) is 11.4 Å². The summed E-state index contributed by atoms with van der Waals surface area (Å²) in [5.41, 5.74) is 0.863. The first-order valence-corrected chi connectivity index (χ1v) is 6.81. The second kappa shape index (κ2) is 6.84. The van der Waals surface area contributed by atoms with E-state index in [2.05, 4.69) is 10.1 Å². The number of aromatic nitrogens is 2. The van der Waals surface area contributed by atoms with Crippen LogP contribution in [0, 0.1) is 0 Å². The lowest BCUT2D eigenvalue weighted by atomic mass is 10.0. The van der Waals surface area contributed by atoms with Crippen molar-refractivity contribution in [1.82, 2.24) is 10.1 Å². The van der Waals surface area contributed by atoms with Crippen molar-refractivity contribution in [2.75, 3.05) is 6.61 Å². The fourth-order valence-corrected chi connectivity index (χ4v) is 1.95. The molecule has 0 saturated heterocycles. The summed E-state index contributed by atoms with van der Waals surface area (Å²) in [5.74, 6) is 0.0256. The Morgan fingerprint density at radius 1 is 1.30 bits per heavy atom. The normalized spacial score (nSPS) is 12.1. The molecule has 20 heavy (non-hydrogen) atoms. The van der Waals surface area contributed by atoms with E-state index in [1.807, 2.05) is 37.3 Å². The van der Waals surface area contributed by atoms with Gasteiger partial charge in [-0.25, -0.2) is 0 Å². The first-order valence-electron chi connectivity index (χ1n) is 6.81. The van der Waals surface area contributed by atoms with E-state index in [1.165, 1.54) is 0 Å². The minimum atomic E-state index is -0.482. The Kier molecular flexibility index (Phi) is 4.87. The van der Waals surface area contributed by atoms with Crippen molar-refractivity contribution in [1.29, 1.82) is 0 Å². The van der Waals surface area contributed by atoms with Gasteiger partial charge in [0.05, 0.1) is 6.61 Å². The molecule has 0 saturated carbocycles. The van der Waals surface area contributed by atoms with E-state index in [9.17, 15) is 4.79 Å². The van der Waals surface area contributed by atoms with Gasteiger partial charge in [0.2, 0.25) is 11.7 Å². The Morgan fingerprint density at radius 2 is 2.05 bits per heavy atom. The van der Waals surface area contributed by atoms with E-state index in [0.717, 1.165) is 12.0 Å². The van der Waals surface area contributed by atoms with Crippen molar-refractivity contribution in [3.05, 3.63) is 36.2 Å². The zero-order valence-electron chi connectivity index (χ0n) is 11.7. The smallest absolute Gasteiger partial charge is 0.318 e. The predicted molar refractivity (Wildman–Crippen MR) is 74.0 cm³/mol. The second-order valence-corrected chi connectivity index (χ2v) is 4.42. The van der Waals surface area contributed by atoms with Gasteiger partial charge in [0.15, 0.2) is 0 Å². The number of rotatable bonds is 6. The van der Waals surface area contributed by atoms with Crippen LogP contribution in [0.3, 0.4) is 0 Å². The molecule has 1 heterocycles. The summed E-state index contributed by atoms with van der Waals surface area (Å²) in [7, 11) is 0. The molecule has 1 aromatic carbocycles. The molecule has 5 nitrogen and oxygen atoms in total. The van der Waals surface area contributed by atoms with Crippen molar-refractivity contribution in [3.8, 4) is 11.4 Å². The van der Waals surface area contributed by atoms with Crippen LogP contribution in [-0.4, -0.2) is 22.7 Å². The molecule has 0 aliphatic carbocycles. The summed E-state index contributed by atoms with van der Waals surface area (Å²) in [5, 5.41) is 3.94. The summed E-state index contributed by atoms with van der Waals surface area (Å²) in [6, 6.07) is 9.52. The first-order chi connectivity index (χ1) is 9.76. The molecule has 2 rings (SSSR count). The summed E-state index contributed by atoms with van der Waals surface area (Å²) in [6.45, 7) is 4.13. The maximum atomic E-state index is 11.9. The highest BCUT2D eigenvalue weighted by molar-refractivity contribution is 5.76. The molecule has 0 amide bonds. The quantitative estimate of drug-likeness (QED) is 0.757. The van der Waals surface area contributed by atoms with Crippen molar-refractivity contribution in [2.24, 2.45) is 0 Å². The lowest BCUT2D eigenvalue weighted by Gasteiger charge is -2.09. The largest absolute Gasteiger partial charge is 0.465 e. The lowest BCUT2D eigenvalue weighted by Crippen LogP contribution is -2.16. The van der Waals surface area contributed by atoms with E-state index in [-0.39, 0.29) is 5.97 Å². The summed E-state index contributed by atoms with van der Waals surface area (Å²) in [4.78, 5) is 16.3. The van der Waals surface area contributed by atoms with Gasteiger partial charge in [-0.15, -0.1) is 0 Å². The lowest BCUT2D eigenvalue weighted by molar-refractivity contribution is -0.145. The van der Waals surface area contributed by atoms with Crippen molar-refractivity contribution >= 4 is 5.97 Å². The Bertz CT molecular complexity index is 551. The molecular formula is C15H18N2O3. The fourth-order valence-electron chi connectivity index (χ4n) is 1.95. The molecule has 0 aliphatic rings. The molecule has 0 aliphatic heterocycles. The highest BCUT2D eigenvalue weighted by atomic mass is 16.5. The average molecular weight is 274 g/mol. The predicted octanol–water partition coefficient (Wildman–Crippen LogP) is 3.18. The Labute approximate surface area is 118 Å². The van der Waals surface area contributed by atoms with Crippen LogP contribution < -0.4 is 0 Å². The first kappa shape index (κ1) is 14.2. The van der Waals surface area contributed by atoms with E-state index >= 15 is 0 Å². The number of hydrogen-bond donors (Lipinski definition) is 0. The standard InChI is InChI=1S/C15H18N2O3/c1-3-8-12(15(18)19-4-2)14-16-13(17-20-14)11-9-6-5-7-10-11/h5-7,9-10,12H,3-4,8H2,1-2H3. The number of benzene rings is 1. The maximum Gasteiger partial charge on any atom is 0.318 e. The van der Waals surface area contributed by atoms with Crippen molar-refractivity contribution < 1.29 is 14.1 Å². The SMILES string of the molecule is CCCC(C(=O)OCC)c1nc(-c2ccccc2)no1. The highest BCUT2D eigenvalue weighted by Crippen LogP contribution is 2.24. The average Bonchev–Trinajstić information content (AvgIpc) is 2.95. The van der Waals surface area contributed by atoms with Gasteiger partial charge >= 0.3 is 5.97 Å². The third-order valence-corrected chi connectivity index (χ3v) is 2.92. The van der Waals surface area contributed by atoms with Crippen LogP contribution in [-0.2, 0) is 9.53 Å². The van der Waals surface area contributed by atoms with Gasteiger partial charge in [0.1, 0.15) is 5.92 Å². The van der Waals surface area contributed by atoms with Gasteiger partial charge in [-0.3, -0.25) is 4.79 Å². The molecule has 0 fully saturated rings. The summed E-state index contributed by atoms with van der Waals surface area (Å²) < 4.78 is 10.3. The topological polar surface area (TPSA) is 65.2 Å². The summed E-state index contributed by atoms with van der Waals surface area (Å²) in [6.07, 6.45) is 1.47. The second-order valence-electron chi connectivity index (χ2n) is 4.42. The van der Waals surface area contributed by atoms with Crippen LogP contribution in [0.1, 0.15) is 38.5 Å². The molecule has 0 spiro atoms. The van der Waals surface area contributed by atoms with Crippen LogP contribution in [0.4, 0.5) is 0 Å². The Balaban J connectivity index is 2.23. The Morgan fingerprint density at radius 3 is 2.70 bits per heavy atom. The number of esters is 1. The van der Waals surface area contributed by atoms with Crippen molar-refractivity contribution in [2.45, 2.75) is 32.6 Å². The van der Waals surface area contributed by atoms with Crippen LogP contribution in [0.2, 0.25) is 0 Å². The van der Waals surface area contributed by atoms with Crippen molar-refractivity contribution in [3.63, 3.8) is 0 Å². The van der Waals surface area contributed by atoms with Gasteiger partial charge in [-0.1, -0.05) is 48.8 Å². The third kappa shape index (κ3) is 3.23. The number of nitrogens with zero attached hydrogens (tertiary/aromatic N) is 2. The minimum Gasteiger partial charge on any atom is -0.465 e. The third-order valence-electron chi connectivity index (χ3n) is 2.92. The molecule has 0 N–H and O–H groups in total. The van der Waals surface area contributed by atoms with Crippen LogP contribution >= 0.6 is 0 Å². The van der Waals surface area contributed by atoms with E-state index in [1.54, 1.807) is 6.92 Å². The molecule has 1 atom stereocenters. The van der Waals surface area contributed by atoms with E-state index in [0.29, 0.717) is 24.7 Å². The molecule has 2 aromatic rings. The monoisotopic (exact) mass is 274 g/mol. The fraction of sp³-hybridized carbons (Fsp3) is 0.400. The zero-order valence-corrected chi connectivity index (χ0v) is 11.7. The van der Waals surface area contributed by atoms with Crippen LogP contribution in [0.5, 0.6) is 0 Å². The number of hydrogen-bond acceptors (Lipinski definition) is 5.